The third kappa shape index (κ3) is 2.78. The van der Waals surface area contributed by atoms with E-state index in [1.807, 2.05) is 0 Å². The lowest BCUT2D eigenvalue weighted by Gasteiger charge is -2.01. The van der Waals surface area contributed by atoms with Crippen molar-refractivity contribution in [3.8, 4) is 0 Å². The van der Waals surface area contributed by atoms with Gasteiger partial charge in [0.05, 0.1) is 18.6 Å². The minimum Gasteiger partial charge on any atom is -0.363 e. The summed E-state index contributed by atoms with van der Waals surface area (Å²) in [6, 6.07) is 1.65. The number of H-pyrrole nitrogens is 1. The lowest BCUT2D eigenvalue weighted by molar-refractivity contribution is 0.122. The number of alkyl halides is 2. The second-order valence-corrected chi connectivity index (χ2v) is 3.24. The Morgan fingerprint density at radius 1 is 1.50 bits per heavy atom. The van der Waals surface area contributed by atoms with Crippen LogP contribution in [-0.4, -0.2) is 26.2 Å². The second kappa shape index (κ2) is 4.73. The van der Waals surface area contributed by atoms with Crippen LogP contribution in [0.3, 0.4) is 0 Å². The molecule has 0 amide bonds. The van der Waals surface area contributed by atoms with E-state index in [1.54, 1.807) is 18.6 Å². The van der Waals surface area contributed by atoms with E-state index < -0.39 is 6.43 Å². The Morgan fingerprint density at radius 2 is 2.38 bits per heavy atom. The number of imidazole rings is 1. The molecule has 2 aromatic rings. The van der Waals surface area contributed by atoms with E-state index >= 15 is 0 Å². The summed E-state index contributed by atoms with van der Waals surface area (Å²) in [5, 5.41) is 6.93. The van der Waals surface area contributed by atoms with Crippen molar-refractivity contribution in [1.29, 1.82) is 0 Å². The molecule has 16 heavy (non-hydrogen) atoms. The first-order valence-corrected chi connectivity index (χ1v) is 4.77. The molecular formula is C9H11F2N5. The molecule has 2 aromatic heterocycles. The second-order valence-electron chi connectivity index (χ2n) is 3.24. The monoisotopic (exact) mass is 227 g/mol. The van der Waals surface area contributed by atoms with Crippen LogP contribution in [0.5, 0.6) is 0 Å². The highest BCUT2D eigenvalue weighted by molar-refractivity contribution is 5.32. The van der Waals surface area contributed by atoms with E-state index in [4.69, 9.17) is 0 Å². The van der Waals surface area contributed by atoms with Crippen LogP contribution in [0.4, 0.5) is 14.6 Å². The average Bonchev–Trinajstić information content (AvgIpc) is 2.84. The van der Waals surface area contributed by atoms with Gasteiger partial charge in [0.15, 0.2) is 0 Å². The summed E-state index contributed by atoms with van der Waals surface area (Å²) in [7, 11) is 0. The van der Waals surface area contributed by atoms with Crippen molar-refractivity contribution in [2.24, 2.45) is 0 Å². The number of aromatic nitrogens is 4. The molecule has 0 aliphatic carbocycles. The van der Waals surface area contributed by atoms with Gasteiger partial charge in [-0.25, -0.2) is 13.8 Å². The summed E-state index contributed by atoms with van der Waals surface area (Å²) in [5.74, 6) is 0.565. The van der Waals surface area contributed by atoms with Crippen molar-refractivity contribution in [1.82, 2.24) is 19.7 Å². The van der Waals surface area contributed by atoms with E-state index in [0.29, 0.717) is 12.4 Å². The first-order valence-electron chi connectivity index (χ1n) is 4.77. The topological polar surface area (TPSA) is 58.5 Å². The van der Waals surface area contributed by atoms with Gasteiger partial charge < -0.3 is 10.3 Å². The molecular weight excluding hydrogens is 216 g/mol. The third-order valence-electron chi connectivity index (χ3n) is 1.98. The van der Waals surface area contributed by atoms with Crippen LogP contribution in [-0.2, 0) is 13.1 Å². The van der Waals surface area contributed by atoms with Crippen molar-refractivity contribution in [2.45, 2.75) is 19.5 Å². The van der Waals surface area contributed by atoms with Crippen molar-refractivity contribution < 1.29 is 8.78 Å². The highest BCUT2D eigenvalue weighted by Gasteiger charge is 2.05. The molecule has 5 nitrogen and oxygen atoms in total. The zero-order chi connectivity index (χ0) is 11.4. The molecule has 7 heteroatoms. The van der Waals surface area contributed by atoms with E-state index in [-0.39, 0.29) is 6.54 Å². The minimum atomic E-state index is -2.39. The molecule has 0 aromatic carbocycles. The molecule has 2 heterocycles. The fourth-order valence-corrected chi connectivity index (χ4v) is 1.27. The molecule has 2 N–H and O–H groups in total. The lowest BCUT2D eigenvalue weighted by Crippen LogP contribution is -2.08. The van der Waals surface area contributed by atoms with Crippen LogP contribution >= 0.6 is 0 Å². The number of rotatable bonds is 5. The first kappa shape index (κ1) is 10.6. The Balaban J connectivity index is 1.88. The van der Waals surface area contributed by atoms with Gasteiger partial charge in [-0.05, 0) is 0 Å². The molecule has 0 aliphatic rings. The maximum absolute atomic E-state index is 12.0. The van der Waals surface area contributed by atoms with E-state index in [9.17, 15) is 8.78 Å². The lowest BCUT2D eigenvalue weighted by atomic mass is 10.4. The zero-order valence-corrected chi connectivity index (χ0v) is 8.40. The largest absolute Gasteiger partial charge is 0.363 e. The SMILES string of the molecule is FC(F)Cn1ccc(NCc2cnc[nH]2)n1. The van der Waals surface area contributed by atoms with Crippen LogP contribution in [0.25, 0.3) is 0 Å². The Bertz CT molecular complexity index is 423. The molecule has 0 saturated heterocycles. The fourth-order valence-electron chi connectivity index (χ4n) is 1.27. The predicted molar refractivity (Wildman–Crippen MR) is 54.1 cm³/mol. The van der Waals surface area contributed by atoms with Crippen LogP contribution in [0.15, 0.2) is 24.8 Å². The Hall–Kier alpha value is -1.92. The highest BCUT2D eigenvalue weighted by Crippen LogP contribution is 2.06. The van der Waals surface area contributed by atoms with Crippen molar-refractivity contribution >= 4 is 5.82 Å². The van der Waals surface area contributed by atoms with Gasteiger partial charge in [0.25, 0.3) is 6.43 Å². The molecule has 86 valence electrons. The molecule has 0 saturated carbocycles. The number of nitrogens with zero attached hydrogens (tertiary/aromatic N) is 3. The number of halogens is 2. The number of anilines is 1. The molecule has 2 rings (SSSR count). The summed E-state index contributed by atoms with van der Waals surface area (Å²) in [5.41, 5.74) is 0.906. The summed E-state index contributed by atoms with van der Waals surface area (Å²) in [6.07, 6.45) is 2.39. The van der Waals surface area contributed by atoms with Gasteiger partial charge in [0.2, 0.25) is 0 Å². The Morgan fingerprint density at radius 3 is 3.06 bits per heavy atom. The molecule has 0 aliphatic heterocycles. The van der Waals surface area contributed by atoms with Crippen LogP contribution < -0.4 is 5.32 Å². The number of hydrogen-bond donors (Lipinski definition) is 2. The Kier molecular flexibility index (Phi) is 3.13. The van der Waals surface area contributed by atoms with E-state index in [0.717, 1.165) is 5.69 Å². The summed E-state index contributed by atoms with van der Waals surface area (Å²) in [4.78, 5) is 6.78. The van der Waals surface area contributed by atoms with Crippen LogP contribution in [0.1, 0.15) is 5.69 Å². The van der Waals surface area contributed by atoms with Gasteiger partial charge in [0.1, 0.15) is 12.4 Å². The van der Waals surface area contributed by atoms with E-state index in [1.165, 1.54) is 10.9 Å². The average molecular weight is 227 g/mol. The van der Waals surface area contributed by atoms with Gasteiger partial charge in [-0.2, -0.15) is 5.10 Å². The van der Waals surface area contributed by atoms with E-state index in [2.05, 4.69) is 20.4 Å². The molecule has 0 unspecified atom stereocenters. The quantitative estimate of drug-likeness (QED) is 0.813. The summed E-state index contributed by atoms with van der Waals surface area (Å²) < 4.78 is 25.3. The van der Waals surface area contributed by atoms with Gasteiger partial charge in [0, 0.05) is 18.5 Å². The maximum atomic E-state index is 12.0. The van der Waals surface area contributed by atoms with Gasteiger partial charge in [-0.3, -0.25) is 4.68 Å². The number of hydrogen-bond acceptors (Lipinski definition) is 3. The summed E-state index contributed by atoms with van der Waals surface area (Å²) >= 11 is 0. The molecule has 0 atom stereocenters. The molecule has 0 radical (unpaired) electrons. The number of aromatic amines is 1. The summed E-state index contributed by atoms with van der Waals surface area (Å²) in [6.45, 7) is 0.150. The molecule has 0 bridgehead atoms. The first-order chi connectivity index (χ1) is 7.74. The Labute approximate surface area is 90.5 Å². The molecule has 0 spiro atoms. The van der Waals surface area contributed by atoms with Gasteiger partial charge in [-0.1, -0.05) is 0 Å². The van der Waals surface area contributed by atoms with Crippen LogP contribution in [0, 0.1) is 0 Å². The third-order valence-corrected chi connectivity index (χ3v) is 1.98. The predicted octanol–water partition coefficient (Wildman–Crippen LogP) is 1.48. The number of nitrogens with one attached hydrogen (secondary N) is 2. The molecule has 0 fully saturated rings. The van der Waals surface area contributed by atoms with Crippen molar-refractivity contribution in [2.75, 3.05) is 5.32 Å². The van der Waals surface area contributed by atoms with Gasteiger partial charge >= 0.3 is 0 Å². The van der Waals surface area contributed by atoms with Gasteiger partial charge in [-0.15, -0.1) is 0 Å². The zero-order valence-electron chi connectivity index (χ0n) is 8.40. The van der Waals surface area contributed by atoms with Crippen molar-refractivity contribution in [3.63, 3.8) is 0 Å². The smallest absolute Gasteiger partial charge is 0.257 e. The standard InChI is InChI=1S/C9H11F2N5/c10-8(11)5-16-2-1-9(15-16)13-4-7-3-12-6-14-7/h1-3,6,8H,4-5H2,(H,12,14)(H,13,15). The normalized spacial score (nSPS) is 10.9. The van der Waals surface area contributed by atoms with Crippen molar-refractivity contribution in [3.05, 3.63) is 30.5 Å². The minimum absolute atomic E-state index is 0.383. The van der Waals surface area contributed by atoms with Crippen LogP contribution in [0.2, 0.25) is 0 Å². The maximum Gasteiger partial charge on any atom is 0.257 e. The fraction of sp³-hybridized carbons (Fsp3) is 0.333. The highest BCUT2D eigenvalue weighted by atomic mass is 19.3.